The van der Waals surface area contributed by atoms with Gasteiger partial charge in [-0.2, -0.15) is 0 Å². The Bertz CT molecular complexity index is 918. The van der Waals surface area contributed by atoms with E-state index in [0.29, 0.717) is 37.1 Å². The molecule has 2 heterocycles. The molecular formula is C20H23FN2O4. The Morgan fingerprint density at radius 3 is 3.00 bits per heavy atom. The van der Waals surface area contributed by atoms with Crippen LogP contribution < -0.4 is 10.9 Å². The van der Waals surface area contributed by atoms with Crippen LogP contribution in [0.15, 0.2) is 40.7 Å². The molecule has 1 amide bonds. The fourth-order valence-electron chi connectivity index (χ4n) is 3.05. The highest BCUT2D eigenvalue weighted by atomic mass is 19.1. The van der Waals surface area contributed by atoms with Crippen LogP contribution in [0.2, 0.25) is 0 Å². The van der Waals surface area contributed by atoms with E-state index in [9.17, 15) is 14.0 Å². The number of hydrogen-bond donors (Lipinski definition) is 2. The van der Waals surface area contributed by atoms with Gasteiger partial charge in [0, 0.05) is 23.6 Å². The molecule has 3 rings (SSSR count). The van der Waals surface area contributed by atoms with Gasteiger partial charge in [0.25, 0.3) is 5.91 Å². The van der Waals surface area contributed by atoms with Crippen LogP contribution in [0.3, 0.4) is 0 Å². The van der Waals surface area contributed by atoms with Crippen LogP contribution in [0, 0.1) is 5.82 Å². The average molecular weight is 374 g/mol. The highest BCUT2D eigenvalue weighted by Crippen LogP contribution is 2.18. The fraction of sp³-hybridized carbons (Fsp3) is 0.400. The Morgan fingerprint density at radius 2 is 2.22 bits per heavy atom. The number of halogens is 1. The molecule has 2 atom stereocenters. The van der Waals surface area contributed by atoms with Crippen molar-refractivity contribution >= 4 is 16.8 Å². The summed E-state index contributed by atoms with van der Waals surface area (Å²) < 4.78 is 25.0. The van der Waals surface area contributed by atoms with Gasteiger partial charge in [-0.25, -0.2) is 4.39 Å². The van der Waals surface area contributed by atoms with Crippen molar-refractivity contribution in [2.75, 3.05) is 19.8 Å². The molecule has 2 aromatic rings. The maximum absolute atomic E-state index is 13.6. The predicted molar refractivity (Wildman–Crippen MR) is 100 cm³/mol. The van der Waals surface area contributed by atoms with Crippen LogP contribution in [0.5, 0.6) is 0 Å². The molecule has 1 saturated heterocycles. The number of benzene rings is 1. The van der Waals surface area contributed by atoms with Crippen molar-refractivity contribution in [1.82, 2.24) is 10.3 Å². The molecule has 6 nitrogen and oxygen atoms in total. The second-order valence-corrected chi connectivity index (χ2v) is 6.83. The number of H-pyrrole nitrogens is 1. The zero-order valence-electron chi connectivity index (χ0n) is 15.4. The lowest BCUT2D eigenvalue weighted by Gasteiger charge is -2.32. The van der Waals surface area contributed by atoms with E-state index >= 15 is 0 Å². The summed E-state index contributed by atoms with van der Waals surface area (Å²) in [6, 6.07) is 4.75. The minimum absolute atomic E-state index is 0.127. The first-order valence-corrected chi connectivity index (χ1v) is 8.90. The van der Waals surface area contributed by atoms with Crippen LogP contribution in [-0.2, 0) is 9.47 Å². The smallest absolute Gasteiger partial charge is 0.252 e. The molecule has 2 N–H and O–H groups in total. The van der Waals surface area contributed by atoms with E-state index in [1.807, 2.05) is 19.9 Å². The van der Waals surface area contributed by atoms with Crippen LogP contribution in [0.1, 0.15) is 30.6 Å². The molecular weight excluding hydrogens is 351 g/mol. The van der Waals surface area contributed by atoms with Crippen LogP contribution in [0.4, 0.5) is 4.39 Å². The first-order valence-electron chi connectivity index (χ1n) is 8.90. The van der Waals surface area contributed by atoms with Crippen molar-refractivity contribution in [3.05, 3.63) is 57.6 Å². The number of allylic oxidation sites excluding steroid dienone is 1. The van der Waals surface area contributed by atoms with Crippen molar-refractivity contribution in [2.24, 2.45) is 0 Å². The number of carbonyl (C=O) groups is 1. The molecule has 1 aliphatic rings. The second-order valence-electron chi connectivity index (χ2n) is 6.83. The Kier molecular flexibility index (Phi) is 6.03. The number of ether oxygens (including phenoxy) is 2. The molecule has 0 saturated carbocycles. The number of hydrogen-bond acceptors (Lipinski definition) is 4. The minimum atomic E-state index is -0.479. The zero-order chi connectivity index (χ0) is 19.4. The number of pyridine rings is 1. The molecule has 0 radical (unpaired) electrons. The number of aromatic nitrogens is 1. The fourth-order valence-corrected chi connectivity index (χ4v) is 3.05. The summed E-state index contributed by atoms with van der Waals surface area (Å²) in [7, 11) is 0. The number of nitrogens with one attached hydrogen (secondary N) is 2. The maximum atomic E-state index is 13.6. The molecule has 1 aromatic carbocycles. The summed E-state index contributed by atoms with van der Waals surface area (Å²) in [6.07, 6.45) is 2.44. The van der Waals surface area contributed by atoms with Crippen molar-refractivity contribution in [1.29, 1.82) is 0 Å². The first kappa shape index (κ1) is 19.3. The first-order chi connectivity index (χ1) is 12.9. The number of fused-ring (bicyclic) bond motifs is 1. The van der Waals surface area contributed by atoms with Gasteiger partial charge in [-0.3, -0.25) is 9.59 Å². The Morgan fingerprint density at radius 1 is 1.41 bits per heavy atom. The van der Waals surface area contributed by atoms with E-state index in [-0.39, 0.29) is 17.7 Å². The summed E-state index contributed by atoms with van der Waals surface area (Å²) in [5, 5.41) is 3.23. The van der Waals surface area contributed by atoms with Crippen molar-refractivity contribution in [3.63, 3.8) is 0 Å². The average Bonchev–Trinajstić information content (AvgIpc) is 2.62. The monoisotopic (exact) mass is 374 g/mol. The summed E-state index contributed by atoms with van der Waals surface area (Å²) in [6.45, 7) is 5.32. The SMILES string of the molecule is CC(C)=CCO[C@@H]1CCOC[C@@H]1NC(=O)c1cc(=O)[nH]c2ccc(F)cc12. The van der Waals surface area contributed by atoms with E-state index in [1.165, 1.54) is 24.3 Å². The number of rotatable bonds is 5. The molecule has 1 aromatic heterocycles. The van der Waals surface area contributed by atoms with Crippen LogP contribution in [-0.4, -0.2) is 42.9 Å². The topological polar surface area (TPSA) is 80.4 Å². The summed E-state index contributed by atoms with van der Waals surface area (Å²) in [5.74, 6) is -0.935. The highest BCUT2D eigenvalue weighted by Gasteiger charge is 2.28. The highest BCUT2D eigenvalue weighted by molar-refractivity contribution is 6.06. The third-order valence-electron chi connectivity index (χ3n) is 4.46. The normalized spacial score (nSPS) is 19.7. The zero-order valence-corrected chi connectivity index (χ0v) is 15.4. The molecule has 27 heavy (non-hydrogen) atoms. The molecule has 0 bridgehead atoms. The van der Waals surface area contributed by atoms with E-state index in [2.05, 4.69) is 10.3 Å². The number of aromatic amines is 1. The van der Waals surface area contributed by atoms with Crippen molar-refractivity contribution in [3.8, 4) is 0 Å². The lowest BCUT2D eigenvalue weighted by molar-refractivity contribution is -0.0457. The molecule has 144 valence electrons. The Labute approximate surface area is 156 Å². The van der Waals surface area contributed by atoms with Crippen LogP contribution in [0.25, 0.3) is 10.9 Å². The molecule has 1 aliphatic heterocycles. The van der Waals surface area contributed by atoms with Gasteiger partial charge in [0.15, 0.2) is 0 Å². The lowest BCUT2D eigenvalue weighted by atomic mass is 10.0. The third kappa shape index (κ3) is 4.81. The quantitative estimate of drug-likeness (QED) is 0.788. The van der Waals surface area contributed by atoms with Crippen LogP contribution >= 0.6 is 0 Å². The second kappa shape index (κ2) is 8.45. The molecule has 7 heteroatoms. The van der Waals surface area contributed by atoms with Gasteiger partial charge in [0.2, 0.25) is 5.56 Å². The van der Waals surface area contributed by atoms with Gasteiger partial charge < -0.3 is 19.8 Å². The molecule has 0 aliphatic carbocycles. The van der Waals surface area contributed by atoms with Gasteiger partial charge in [0.1, 0.15) is 5.82 Å². The van der Waals surface area contributed by atoms with Gasteiger partial charge in [-0.1, -0.05) is 11.6 Å². The summed E-state index contributed by atoms with van der Waals surface area (Å²) in [5.41, 5.74) is 1.27. The Hall–Kier alpha value is -2.51. The van der Waals surface area contributed by atoms with E-state index in [0.717, 1.165) is 5.57 Å². The van der Waals surface area contributed by atoms with Gasteiger partial charge in [0.05, 0.1) is 30.9 Å². The summed E-state index contributed by atoms with van der Waals surface area (Å²) in [4.78, 5) is 27.3. The van der Waals surface area contributed by atoms with Gasteiger partial charge in [-0.05, 0) is 38.5 Å². The number of amides is 1. The standard InChI is InChI=1S/C20H23FN2O4/c1-12(2)5-8-27-18-6-7-26-11-17(18)23-20(25)15-10-19(24)22-16-4-3-13(21)9-14(15)16/h3-5,9-10,17-18H,6-8,11H2,1-2H3,(H,22,24)(H,23,25)/t17-,18+/m0/s1. The lowest BCUT2D eigenvalue weighted by Crippen LogP contribution is -2.50. The molecule has 1 fully saturated rings. The van der Waals surface area contributed by atoms with Crippen molar-refractivity contribution < 1.29 is 18.7 Å². The molecule has 0 spiro atoms. The van der Waals surface area contributed by atoms with Gasteiger partial charge in [-0.15, -0.1) is 0 Å². The van der Waals surface area contributed by atoms with E-state index in [4.69, 9.17) is 9.47 Å². The van der Waals surface area contributed by atoms with Gasteiger partial charge >= 0.3 is 0 Å². The van der Waals surface area contributed by atoms with E-state index < -0.39 is 17.3 Å². The van der Waals surface area contributed by atoms with E-state index in [1.54, 1.807) is 0 Å². The predicted octanol–water partition coefficient (Wildman–Crippen LogP) is 2.54. The van der Waals surface area contributed by atoms with Crippen molar-refractivity contribution in [2.45, 2.75) is 32.4 Å². The third-order valence-corrected chi connectivity index (χ3v) is 4.46. The Balaban J connectivity index is 1.81. The maximum Gasteiger partial charge on any atom is 0.252 e. The number of carbonyl (C=O) groups excluding carboxylic acids is 1. The minimum Gasteiger partial charge on any atom is -0.379 e. The summed E-state index contributed by atoms with van der Waals surface area (Å²) >= 11 is 0. The molecule has 0 unspecified atom stereocenters. The largest absolute Gasteiger partial charge is 0.379 e.